The summed E-state index contributed by atoms with van der Waals surface area (Å²) in [5.41, 5.74) is 0.724. The van der Waals surface area contributed by atoms with E-state index < -0.39 is 14.3 Å². The number of esters is 1. The first-order valence-electron chi connectivity index (χ1n) is 8.73. The van der Waals surface area contributed by atoms with Crippen molar-refractivity contribution in [2.45, 2.75) is 51.9 Å². The summed E-state index contributed by atoms with van der Waals surface area (Å²) in [6.07, 6.45) is -0.152. The van der Waals surface area contributed by atoms with Gasteiger partial charge in [-0.1, -0.05) is 36.7 Å². The molecular formula is C19H29BrFNO3Si. The normalized spacial score (nSPS) is 14.2. The number of hydrogen-bond donors (Lipinski definition) is 0. The number of hydrogen-bond acceptors (Lipinski definition) is 4. The highest BCUT2D eigenvalue weighted by molar-refractivity contribution is 9.09. The summed E-state index contributed by atoms with van der Waals surface area (Å²) >= 11 is 3.48. The molecule has 0 aliphatic carbocycles. The average molecular weight is 446 g/mol. The van der Waals surface area contributed by atoms with Crippen LogP contribution < -0.4 is 0 Å². The van der Waals surface area contributed by atoms with Crippen molar-refractivity contribution < 1.29 is 18.3 Å². The van der Waals surface area contributed by atoms with Gasteiger partial charge in [-0.3, -0.25) is 4.99 Å². The Kier molecular flexibility index (Phi) is 8.63. The summed E-state index contributed by atoms with van der Waals surface area (Å²) in [7, 11) is -1.96. The highest BCUT2D eigenvalue weighted by Gasteiger charge is 2.39. The Morgan fingerprint density at radius 1 is 1.27 bits per heavy atom. The van der Waals surface area contributed by atoms with Gasteiger partial charge in [0, 0.05) is 10.9 Å². The van der Waals surface area contributed by atoms with Crippen LogP contribution in [0.15, 0.2) is 29.3 Å². The molecule has 0 heterocycles. The van der Waals surface area contributed by atoms with Crippen LogP contribution in [0, 0.1) is 5.82 Å². The largest absolute Gasteiger partial charge is 0.461 e. The number of rotatable bonds is 8. The fourth-order valence-electron chi connectivity index (χ4n) is 1.99. The van der Waals surface area contributed by atoms with E-state index in [1.807, 2.05) is 0 Å². The Labute approximate surface area is 165 Å². The topological polar surface area (TPSA) is 47.9 Å². The molecule has 0 aliphatic heterocycles. The molecule has 0 unspecified atom stereocenters. The molecule has 1 aromatic rings. The van der Waals surface area contributed by atoms with E-state index in [4.69, 9.17) is 9.16 Å². The third-order valence-corrected chi connectivity index (χ3v) is 9.74. The van der Waals surface area contributed by atoms with Crippen molar-refractivity contribution in [2.24, 2.45) is 4.99 Å². The van der Waals surface area contributed by atoms with Crippen molar-refractivity contribution in [3.05, 3.63) is 35.6 Å². The zero-order chi connectivity index (χ0) is 20.0. The van der Waals surface area contributed by atoms with Gasteiger partial charge in [0.2, 0.25) is 0 Å². The van der Waals surface area contributed by atoms with E-state index in [-0.39, 0.29) is 29.3 Å². The predicted octanol–water partition coefficient (Wildman–Crippen LogP) is 4.96. The van der Waals surface area contributed by atoms with Crippen LogP contribution in [0.25, 0.3) is 0 Å². The van der Waals surface area contributed by atoms with Gasteiger partial charge in [-0.25, -0.2) is 9.18 Å². The maximum Gasteiger partial charge on any atom is 0.357 e. The molecule has 0 fully saturated rings. The Hall–Kier alpha value is -1.05. The van der Waals surface area contributed by atoms with E-state index in [0.717, 1.165) is 0 Å². The van der Waals surface area contributed by atoms with Crippen molar-refractivity contribution in [3.63, 3.8) is 0 Å². The highest BCUT2D eigenvalue weighted by Crippen LogP contribution is 2.37. The average Bonchev–Trinajstić information content (AvgIpc) is 2.54. The molecule has 0 spiro atoms. The van der Waals surface area contributed by atoms with Gasteiger partial charge in [0.1, 0.15) is 5.82 Å². The van der Waals surface area contributed by atoms with Crippen LogP contribution in [0.1, 0.15) is 33.3 Å². The molecule has 0 aliphatic rings. The molecule has 146 valence electrons. The quantitative estimate of drug-likeness (QED) is 0.245. The summed E-state index contributed by atoms with van der Waals surface area (Å²) in [4.78, 5) is 16.7. The first kappa shape index (κ1) is 23.0. The van der Waals surface area contributed by atoms with Crippen LogP contribution in [-0.2, 0) is 14.0 Å². The molecule has 0 saturated heterocycles. The Balaban J connectivity index is 3.04. The maximum atomic E-state index is 13.2. The number of nitrogens with zero attached hydrogens (tertiary/aromatic N) is 1. The van der Waals surface area contributed by atoms with E-state index in [1.54, 1.807) is 6.92 Å². The highest BCUT2D eigenvalue weighted by atomic mass is 79.9. The Morgan fingerprint density at radius 3 is 2.31 bits per heavy atom. The molecule has 0 radical (unpaired) electrons. The molecule has 1 rings (SSSR count). The molecular weight excluding hydrogens is 417 g/mol. The van der Waals surface area contributed by atoms with Crippen LogP contribution in [-0.4, -0.2) is 44.6 Å². The monoisotopic (exact) mass is 445 g/mol. The van der Waals surface area contributed by atoms with Crippen LogP contribution in [0.3, 0.4) is 0 Å². The van der Waals surface area contributed by atoms with Crippen LogP contribution in [0.2, 0.25) is 18.1 Å². The molecule has 4 nitrogen and oxygen atoms in total. The lowest BCUT2D eigenvalue weighted by atomic mass is 10.1. The van der Waals surface area contributed by atoms with E-state index in [2.05, 4.69) is 54.8 Å². The number of ether oxygens (including phenoxy) is 1. The molecule has 0 saturated carbocycles. The minimum atomic E-state index is -1.96. The zero-order valence-corrected chi connectivity index (χ0v) is 19.0. The van der Waals surface area contributed by atoms with Crippen LogP contribution in [0.4, 0.5) is 4.39 Å². The SMILES string of the molecule is CCOC(=O)/C(=N/C[C@H](CBr)O[Si](C)(C)C(C)(C)C)c1ccc(F)cc1. The van der Waals surface area contributed by atoms with Gasteiger partial charge in [-0.05, 0) is 49.3 Å². The Morgan fingerprint density at radius 2 is 1.85 bits per heavy atom. The first-order valence-corrected chi connectivity index (χ1v) is 12.8. The lowest BCUT2D eigenvalue weighted by Crippen LogP contribution is -2.45. The number of benzene rings is 1. The van der Waals surface area contributed by atoms with E-state index in [1.165, 1.54) is 24.3 Å². The number of carbonyl (C=O) groups is 1. The minimum Gasteiger partial charge on any atom is -0.461 e. The standard InChI is InChI=1S/C19H29BrFNO3Si/c1-7-24-18(23)17(14-8-10-15(21)11-9-14)22-13-16(12-20)25-26(5,6)19(2,3)4/h8-11,16H,7,12-13H2,1-6H3/b22-17+/t16-/m0/s1. The van der Waals surface area contributed by atoms with E-state index >= 15 is 0 Å². The zero-order valence-electron chi connectivity index (χ0n) is 16.4. The summed E-state index contributed by atoms with van der Waals surface area (Å²) in [6, 6.07) is 5.67. The predicted molar refractivity (Wildman–Crippen MR) is 110 cm³/mol. The molecule has 0 aromatic heterocycles. The number of halogens is 2. The van der Waals surface area contributed by atoms with Crippen LogP contribution >= 0.6 is 15.9 Å². The third kappa shape index (κ3) is 6.59. The summed E-state index contributed by atoms with van der Waals surface area (Å²) in [5, 5.41) is 0.695. The van der Waals surface area contributed by atoms with Crippen molar-refractivity contribution in [1.82, 2.24) is 0 Å². The summed E-state index contributed by atoms with van der Waals surface area (Å²) in [6.45, 7) is 13.2. The minimum absolute atomic E-state index is 0.0814. The van der Waals surface area contributed by atoms with Gasteiger partial charge in [0.15, 0.2) is 14.0 Å². The fourth-order valence-corrected chi connectivity index (χ4v) is 3.91. The van der Waals surface area contributed by atoms with Crippen molar-refractivity contribution >= 4 is 35.9 Å². The summed E-state index contributed by atoms with van der Waals surface area (Å²) in [5.74, 6) is -0.878. The van der Waals surface area contributed by atoms with Gasteiger partial charge in [0.05, 0.1) is 19.3 Å². The second kappa shape index (κ2) is 9.76. The lowest BCUT2D eigenvalue weighted by Gasteiger charge is -2.38. The van der Waals surface area contributed by atoms with Gasteiger partial charge in [-0.2, -0.15) is 0 Å². The van der Waals surface area contributed by atoms with Crippen molar-refractivity contribution in [1.29, 1.82) is 0 Å². The van der Waals surface area contributed by atoms with Crippen LogP contribution in [0.5, 0.6) is 0 Å². The van der Waals surface area contributed by atoms with Gasteiger partial charge < -0.3 is 9.16 Å². The Bertz CT molecular complexity index is 627. The van der Waals surface area contributed by atoms with E-state index in [9.17, 15) is 9.18 Å². The molecule has 1 aromatic carbocycles. The number of carbonyl (C=O) groups excluding carboxylic acids is 1. The maximum absolute atomic E-state index is 13.2. The molecule has 0 amide bonds. The van der Waals surface area contributed by atoms with Gasteiger partial charge >= 0.3 is 5.97 Å². The summed E-state index contributed by atoms with van der Waals surface area (Å²) < 4.78 is 24.7. The van der Waals surface area contributed by atoms with Crippen molar-refractivity contribution in [3.8, 4) is 0 Å². The van der Waals surface area contributed by atoms with E-state index in [0.29, 0.717) is 17.4 Å². The third-order valence-electron chi connectivity index (χ3n) is 4.48. The first-order chi connectivity index (χ1) is 12.0. The van der Waals surface area contributed by atoms with Gasteiger partial charge in [0.25, 0.3) is 0 Å². The fraction of sp³-hybridized carbons (Fsp3) is 0.579. The molecule has 7 heteroatoms. The van der Waals surface area contributed by atoms with Gasteiger partial charge in [-0.15, -0.1) is 0 Å². The second-order valence-electron chi connectivity index (χ2n) is 7.57. The molecule has 26 heavy (non-hydrogen) atoms. The second-order valence-corrected chi connectivity index (χ2v) is 13.0. The number of alkyl halides is 1. The molecule has 0 bridgehead atoms. The molecule has 1 atom stereocenters. The smallest absolute Gasteiger partial charge is 0.357 e. The van der Waals surface area contributed by atoms with Crippen molar-refractivity contribution in [2.75, 3.05) is 18.5 Å². The molecule has 0 N–H and O–H groups in total. The lowest BCUT2D eigenvalue weighted by molar-refractivity contribution is -0.134. The number of aliphatic imine (C=N–C) groups is 1.